The van der Waals surface area contributed by atoms with Crippen LogP contribution in [0, 0.1) is 0 Å². The van der Waals surface area contributed by atoms with Gasteiger partial charge in [0, 0.05) is 51.1 Å². The highest BCUT2D eigenvalue weighted by atomic mass is 16.5. The van der Waals surface area contributed by atoms with Crippen LogP contribution in [0.15, 0.2) is 49.1 Å². The second-order valence-corrected chi connectivity index (χ2v) is 5.39. The molecule has 2 aromatic heterocycles. The summed E-state index contributed by atoms with van der Waals surface area (Å²) in [6, 6.07) is 8.16. The maximum Gasteiger partial charge on any atom is 0.0701 e. The molecular weight excluding hydrogens is 292 g/mol. The van der Waals surface area contributed by atoms with Crippen molar-refractivity contribution in [3.05, 3.63) is 49.1 Å². The zero-order valence-electron chi connectivity index (χ0n) is 13.8. The molecule has 0 radical (unpaired) electrons. The number of aromatic nitrogens is 2. The third-order valence-corrected chi connectivity index (χ3v) is 3.49. The van der Waals surface area contributed by atoms with E-state index in [0.717, 1.165) is 39.1 Å². The summed E-state index contributed by atoms with van der Waals surface area (Å²) in [5.41, 5.74) is 0. The molecule has 0 spiro atoms. The molecule has 2 aromatic rings. The predicted octanol–water partition coefficient (Wildman–Crippen LogP) is 2.82. The fourth-order valence-electron chi connectivity index (χ4n) is 2.28. The average Bonchev–Trinajstić information content (AvgIpc) is 3.25. The van der Waals surface area contributed by atoms with Crippen LogP contribution >= 0.6 is 0 Å². The van der Waals surface area contributed by atoms with E-state index in [2.05, 4.69) is 33.9 Å². The first kappa shape index (κ1) is 17.8. The van der Waals surface area contributed by atoms with Crippen LogP contribution in [0.3, 0.4) is 0 Å². The third-order valence-electron chi connectivity index (χ3n) is 3.49. The molecule has 0 saturated heterocycles. The summed E-state index contributed by atoms with van der Waals surface area (Å²) < 4.78 is 20.9. The lowest BCUT2D eigenvalue weighted by Crippen LogP contribution is -2.11. The zero-order valence-corrected chi connectivity index (χ0v) is 13.8. The number of aryl methyl sites for hydroxylation is 2. The van der Waals surface area contributed by atoms with Gasteiger partial charge in [0.15, 0.2) is 0 Å². The van der Waals surface area contributed by atoms with Crippen molar-refractivity contribution in [1.29, 1.82) is 0 Å². The van der Waals surface area contributed by atoms with Crippen LogP contribution < -0.4 is 0 Å². The molecule has 0 amide bonds. The number of hydrogen-bond donors (Lipinski definition) is 0. The maximum atomic E-state index is 5.54. The monoisotopic (exact) mass is 320 g/mol. The van der Waals surface area contributed by atoms with Crippen molar-refractivity contribution >= 4 is 0 Å². The van der Waals surface area contributed by atoms with E-state index in [-0.39, 0.29) is 0 Å². The Bertz CT molecular complexity index is 424. The van der Waals surface area contributed by atoms with Gasteiger partial charge in [0.25, 0.3) is 0 Å². The number of rotatable bonds is 14. The molecule has 23 heavy (non-hydrogen) atoms. The first-order chi connectivity index (χ1) is 11.4. The first-order valence-corrected chi connectivity index (χ1v) is 8.40. The summed E-state index contributed by atoms with van der Waals surface area (Å²) >= 11 is 0. The van der Waals surface area contributed by atoms with Gasteiger partial charge in [-0.2, -0.15) is 0 Å². The van der Waals surface area contributed by atoms with E-state index in [0.29, 0.717) is 26.4 Å². The Morgan fingerprint density at radius 3 is 1.22 bits per heavy atom. The van der Waals surface area contributed by atoms with Gasteiger partial charge >= 0.3 is 0 Å². The van der Waals surface area contributed by atoms with Crippen molar-refractivity contribution in [2.45, 2.75) is 25.9 Å². The molecule has 0 unspecified atom stereocenters. The summed E-state index contributed by atoms with van der Waals surface area (Å²) in [6.45, 7) is 6.13. The van der Waals surface area contributed by atoms with E-state index in [4.69, 9.17) is 14.2 Å². The smallest absolute Gasteiger partial charge is 0.0701 e. The van der Waals surface area contributed by atoms with Crippen LogP contribution in [0.1, 0.15) is 12.8 Å². The predicted molar refractivity (Wildman–Crippen MR) is 90.6 cm³/mol. The Morgan fingerprint density at radius 2 is 0.826 bits per heavy atom. The SMILES string of the molecule is c1ccn(CCCOCCOCCOCCCn2cccc2)c1. The fraction of sp³-hybridized carbons (Fsp3) is 0.556. The fourth-order valence-corrected chi connectivity index (χ4v) is 2.28. The molecule has 0 fully saturated rings. The molecule has 5 nitrogen and oxygen atoms in total. The van der Waals surface area contributed by atoms with Gasteiger partial charge in [-0.15, -0.1) is 0 Å². The lowest BCUT2D eigenvalue weighted by Gasteiger charge is -2.07. The Hall–Kier alpha value is -1.56. The van der Waals surface area contributed by atoms with Crippen LogP contribution in [0.5, 0.6) is 0 Å². The van der Waals surface area contributed by atoms with Crippen molar-refractivity contribution in [1.82, 2.24) is 9.13 Å². The molecule has 0 saturated carbocycles. The van der Waals surface area contributed by atoms with Crippen molar-refractivity contribution in [3.8, 4) is 0 Å². The van der Waals surface area contributed by atoms with E-state index in [1.165, 1.54) is 0 Å². The number of ether oxygens (including phenoxy) is 3. The van der Waals surface area contributed by atoms with Crippen molar-refractivity contribution in [2.24, 2.45) is 0 Å². The van der Waals surface area contributed by atoms with Gasteiger partial charge in [-0.3, -0.25) is 0 Å². The van der Waals surface area contributed by atoms with Crippen LogP contribution in [-0.2, 0) is 27.3 Å². The third kappa shape index (κ3) is 8.59. The highest BCUT2D eigenvalue weighted by Gasteiger charge is 1.94. The van der Waals surface area contributed by atoms with E-state index in [9.17, 15) is 0 Å². The molecule has 0 aliphatic carbocycles. The summed E-state index contributed by atoms with van der Waals surface area (Å²) in [5.74, 6) is 0. The molecule has 0 atom stereocenters. The van der Waals surface area contributed by atoms with Gasteiger partial charge in [0.2, 0.25) is 0 Å². The largest absolute Gasteiger partial charge is 0.379 e. The summed E-state index contributed by atoms with van der Waals surface area (Å²) in [4.78, 5) is 0. The van der Waals surface area contributed by atoms with Crippen LogP contribution in [-0.4, -0.2) is 48.8 Å². The van der Waals surface area contributed by atoms with E-state index in [1.807, 2.05) is 24.3 Å². The molecule has 0 bridgehead atoms. The van der Waals surface area contributed by atoms with Gasteiger partial charge in [0.1, 0.15) is 0 Å². The maximum absolute atomic E-state index is 5.54. The van der Waals surface area contributed by atoms with Gasteiger partial charge in [-0.1, -0.05) is 0 Å². The summed E-state index contributed by atoms with van der Waals surface area (Å²) in [5, 5.41) is 0. The molecule has 0 aliphatic heterocycles. The minimum atomic E-state index is 0.635. The van der Waals surface area contributed by atoms with Gasteiger partial charge in [-0.25, -0.2) is 0 Å². The zero-order chi connectivity index (χ0) is 16.0. The number of hydrogen-bond acceptors (Lipinski definition) is 3. The first-order valence-electron chi connectivity index (χ1n) is 8.40. The molecule has 0 aromatic carbocycles. The van der Waals surface area contributed by atoms with Crippen molar-refractivity contribution in [2.75, 3.05) is 39.6 Å². The van der Waals surface area contributed by atoms with Crippen molar-refractivity contribution < 1.29 is 14.2 Å². The Morgan fingerprint density at radius 1 is 0.478 bits per heavy atom. The van der Waals surface area contributed by atoms with Gasteiger partial charge < -0.3 is 23.3 Å². The van der Waals surface area contributed by atoms with Gasteiger partial charge in [-0.05, 0) is 37.1 Å². The lowest BCUT2D eigenvalue weighted by molar-refractivity contribution is 0.0129. The molecular formula is C18H28N2O3. The molecule has 2 rings (SSSR count). The van der Waals surface area contributed by atoms with Crippen LogP contribution in [0.4, 0.5) is 0 Å². The van der Waals surface area contributed by atoms with Crippen molar-refractivity contribution in [3.63, 3.8) is 0 Å². The quantitative estimate of drug-likeness (QED) is 0.502. The van der Waals surface area contributed by atoms with Crippen LogP contribution in [0.25, 0.3) is 0 Å². The topological polar surface area (TPSA) is 37.6 Å². The van der Waals surface area contributed by atoms with Gasteiger partial charge in [0.05, 0.1) is 26.4 Å². The Kier molecular flexibility index (Phi) is 9.23. The Labute approximate surface area is 138 Å². The minimum absolute atomic E-state index is 0.635. The summed E-state index contributed by atoms with van der Waals surface area (Å²) in [6.07, 6.45) is 10.3. The Balaban J connectivity index is 1.27. The number of nitrogens with zero attached hydrogens (tertiary/aromatic N) is 2. The molecule has 5 heteroatoms. The minimum Gasteiger partial charge on any atom is -0.379 e. The standard InChI is InChI=1S/C18H28N2O3/c1-2-8-19(7-1)11-5-13-21-15-17-23-18-16-22-14-6-12-20-9-3-4-10-20/h1-4,7-10H,5-6,11-18H2. The molecule has 0 N–H and O–H groups in total. The lowest BCUT2D eigenvalue weighted by atomic mass is 10.4. The second kappa shape index (κ2) is 11.9. The normalized spacial score (nSPS) is 11.1. The summed E-state index contributed by atoms with van der Waals surface area (Å²) in [7, 11) is 0. The highest BCUT2D eigenvalue weighted by Crippen LogP contribution is 1.95. The van der Waals surface area contributed by atoms with E-state index < -0.39 is 0 Å². The average molecular weight is 320 g/mol. The highest BCUT2D eigenvalue weighted by molar-refractivity contribution is 4.90. The van der Waals surface area contributed by atoms with Crippen LogP contribution in [0.2, 0.25) is 0 Å². The second-order valence-electron chi connectivity index (χ2n) is 5.39. The van der Waals surface area contributed by atoms with E-state index in [1.54, 1.807) is 0 Å². The molecule has 128 valence electrons. The molecule has 0 aliphatic rings. The molecule has 2 heterocycles. The van der Waals surface area contributed by atoms with E-state index >= 15 is 0 Å².